The third-order valence-corrected chi connectivity index (χ3v) is 6.42. The summed E-state index contributed by atoms with van der Waals surface area (Å²) in [5.41, 5.74) is 1.11. The van der Waals surface area contributed by atoms with Crippen LogP contribution in [0.5, 0.6) is 0 Å². The lowest BCUT2D eigenvalue weighted by Crippen LogP contribution is -2.58. The largest absolute Gasteiger partial charge is 0.452 e. The molecule has 3 unspecified atom stereocenters. The number of carbonyl (C=O) groups excluding carboxylic acids is 4. The normalized spacial score (nSPS) is 13.5. The van der Waals surface area contributed by atoms with Crippen molar-refractivity contribution in [2.75, 3.05) is 0 Å². The third-order valence-electron chi connectivity index (χ3n) is 6.19. The maximum absolute atomic E-state index is 13.6. The highest BCUT2D eigenvalue weighted by Crippen LogP contribution is 2.21. The number of aromatic nitrogens is 2. The van der Waals surface area contributed by atoms with E-state index in [1.807, 2.05) is 0 Å². The summed E-state index contributed by atoms with van der Waals surface area (Å²) in [6, 6.07) is 10.5. The zero-order chi connectivity index (χ0) is 30.9. The fraction of sp³-hybridized carbons (Fsp3) is 0.310. The number of ketones is 1. The van der Waals surface area contributed by atoms with Crippen molar-refractivity contribution in [3.05, 3.63) is 95.0 Å². The Morgan fingerprint density at radius 1 is 0.833 bits per heavy atom. The highest BCUT2D eigenvalue weighted by atomic mass is 35.5. The molecule has 42 heavy (non-hydrogen) atoms. The molecule has 0 aliphatic rings. The molecule has 1 heterocycles. The molecule has 0 fully saturated rings. The van der Waals surface area contributed by atoms with Gasteiger partial charge in [-0.1, -0.05) is 67.9 Å². The van der Waals surface area contributed by atoms with Crippen molar-refractivity contribution in [2.45, 2.75) is 51.0 Å². The van der Waals surface area contributed by atoms with Crippen LogP contribution < -0.4 is 16.0 Å². The molecular weight excluding hydrogens is 575 g/mol. The smallest absolute Gasteiger partial charge is 0.344 e. The maximum atomic E-state index is 13.6. The predicted octanol–water partition coefficient (Wildman–Crippen LogP) is 3.47. The number of halogens is 4. The summed E-state index contributed by atoms with van der Waals surface area (Å²) < 4.78 is 39.7. The van der Waals surface area contributed by atoms with Crippen LogP contribution in [0.2, 0.25) is 5.02 Å². The van der Waals surface area contributed by atoms with E-state index >= 15 is 0 Å². The Hall–Kier alpha value is -4.32. The van der Waals surface area contributed by atoms with Gasteiger partial charge in [0.15, 0.2) is 0 Å². The average Bonchev–Trinajstić information content (AvgIpc) is 2.95. The van der Waals surface area contributed by atoms with E-state index in [1.54, 1.807) is 54.6 Å². The van der Waals surface area contributed by atoms with Gasteiger partial charge in [0, 0.05) is 30.3 Å². The Balaban J connectivity index is 1.90. The van der Waals surface area contributed by atoms with E-state index in [1.165, 1.54) is 32.4 Å². The van der Waals surface area contributed by atoms with Crippen LogP contribution in [0, 0.1) is 5.92 Å². The number of amides is 3. The second-order valence-corrected chi connectivity index (χ2v) is 10.2. The molecule has 0 aliphatic carbocycles. The monoisotopic (exact) mass is 603 g/mol. The van der Waals surface area contributed by atoms with E-state index in [0.717, 1.165) is 0 Å². The number of benzene rings is 2. The minimum absolute atomic E-state index is 0.0424. The molecular formula is C29H29ClF3N5O4. The first kappa shape index (κ1) is 32.2. The quantitative estimate of drug-likeness (QED) is 0.291. The molecule has 0 bridgehead atoms. The summed E-state index contributed by atoms with van der Waals surface area (Å²) in [7, 11) is 0. The van der Waals surface area contributed by atoms with E-state index < -0.39 is 53.7 Å². The number of Topliss-reactive ketones (excluding diaryl/α,β-unsaturated/α-hetero) is 1. The zero-order valence-corrected chi connectivity index (χ0v) is 23.4. The van der Waals surface area contributed by atoms with Gasteiger partial charge < -0.3 is 16.0 Å². The number of hydrogen-bond donors (Lipinski definition) is 3. The van der Waals surface area contributed by atoms with Crippen LogP contribution in [0.25, 0.3) is 0 Å². The number of alkyl halides is 3. The summed E-state index contributed by atoms with van der Waals surface area (Å²) in [5.74, 6) is -5.51. The Bertz CT molecular complexity index is 1390. The summed E-state index contributed by atoms with van der Waals surface area (Å²) in [5, 5.41) is 7.68. The Labute approximate surface area is 245 Å². The van der Waals surface area contributed by atoms with Crippen LogP contribution in [-0.4, -0.2) is 57.8 Å². The number of nitrogens with zero attached hydrogens (tertiary/aromatic N) is 2. The molecule has 1 aromatic heterocycles. The Morgan fingerprint density at radius 2 is 1.45 bits per heavy atom. The maximum Gasteiger partial charge on any atom is 0.452 e. The van der Waals surface area contributed by atoms with Crippen LogP contribution in [0.4, 0.5) is 13.2 Å². The van der Waals surface area contributed by atoms with Gasteiger partial charge in [-0.3, -0.25) is 24.2 Å². The topological polar surface area (TPSA) is 130 Å². The van der Waals surface area contributed by atoms with Gasteiger partial charge in [0.2, 0.25) is 11.8 Å². The van der Waals surface area contributed by atoms with Crippen LogP contribution in [0.1, 0.15) is 35.5 Å². The minimum atomic E-state index is -5.17. The second-order valence-electron chi connectivity index (χ2n) is 9.79. The van der Waals surface area contributed by atoms with Crippen molar-refractivity contribution in [2.24, 2.45) is 5.92 Å². The molecule has 13 heteroatoms. The van der Waals surface area contributed by atoms with Crippen LogP contribution in [-0.2, 0) is 27.2 Å². The molecule has 222 valence electrons. The standard InChI is InChI=1S/C29H29ClF3N5O4/c1-17(2)24(25(39)29(31,32)33)38-27(41)21(14-18-7-4-3-5-8-18)36-26(40)22(15-19-9-6-10-20(30)13-19)37-28(42)23-16-34-11-12-35-23/h3-13,16-17,21-22,24H,14-15H2,1-2H3,(H,36,40)(H,37,42)(H,38,41). The SMILES string of the molecule is CC(C)C(NC(=O)C(Cc1ccccc1)NC(=O)C(Cc1cccc(Cl)c1)NC(=O)c1cnccn1)C(=O)C(F)(F)F. The lowest BCUT2D eigenvalue weighted by Gasteiger charge is -2.27. The van der Waals surface area contributed by atoms with E-state index in [9.17, 15) is 32.3 Å². The van der Waals surface area contributed by atoms with Gasteiger partial charge in [0.25, 0.3) is 11.7 Å². The van der Waals surface area contributed by atoms with Gasteiger partial charge in [0.05, 0.1) is 12.2 Å². The number of hydrogen-bond acceptors (Lipinski definition) is 6. The van der Waals surface area contributed by atoms with E-state index in [-0.39, 0.29) is 18.5 Å². The third kappa shape index (κ3) is 9.37. The van der Waals surface area contributed by atoms with Crippen LogP contribution >= 0.6 is 11.6 Å². The fourth-order valence-electron chi connectivity index (χ4n) is 4.05. The molecule has 9 nitrogen and oxygen atoms in total. The second kappa shape index (κ2) is 14.5. The van der Waals surface area contributed by atoms with Gasteiger partial charge in [-0.2, -0.15) is 13.2 Å². The summed E-state index contributed by atoms with van der Waals surface area (Å²) in [6.45, 7) is 2.73. The first-order valence-electron chi connectivity index (χ1n) is 12.9. The summed E-state index contributed by atoms with van der Waals surface area (Å²) >= 11 is 6.09. The Morgan fingerprint density at radius 3 is 2.05 bits per heavy atom. The molecule has 3 amide bonds. The molecule has 0 saturated carbocycles. The highest BCUT2D eigenvalue weighted by molar-refractivity contribution is 6.30. The van der Waals surface area contributed by atoms with Crippen molar-refractivity contribution in [3.8, 4) is 0 Å². The molecule has 2 aromatic carbocycles. The average molecular weight is 604 g/mol. The van der Waals surface area contributed by atoms with Crippen molar-refractivity contribution in [1.29, 1.82) is 0 Å². The molecule has 0 radical (unpaired) electrons. The molecule has 3 atom stereocenters. The van der Waals surface area contributed by atoms with E-state index in [2.05, 4.69) is 25.9 Å². The van der Waals surface area contributed by atoms with Crippen LogP contribution in [0.3, 0.4) is 0 Å². The zero-order valence-electron chi connectivity index (χ0n) is 22.7. The van der Waals surface area contributed by atoms with Gasteiger partial charge in [-0.15, -0.1) is 0 Å². The Kier molecular flexibility index (Phi) is 11.1. The molecule has 3 rings (SSSR count). The van der Waals surface area contributed by atoms with Gasteiger partial charge in [-0.05, 0) is 29.2 Å². The number of nitrogens with one attached hydrogen (secondary N) is 3. The van der Waals surface area contributed by atoms with E-state index in [0.29, 0.717) is 16.1 Å². The summed E-state index contributed by atoms with van der Waals surface area (Å²) in [4.78, 5) is 59.6. The first-order valence-corrected chi connectivity index (χ1v) is 13.3. The van der Waals surface area contributed by atoms with Crippen molar-refractivity contribution in [1.82, 2.24) is 25.9 Å². The highest BCUT2D eigenvalue weighted by Gasteiger charge is 2.45. The van der Waals surface area contributed by atoms with Crippen LogP contribution in [0.15, 0.2) is 73.2 Å². The summed E-state index contributed by atoms with van der Waals surface area (Å²) in [6.07, 6.45) is -1.45. The predicted molar refractivity (Wildman–Crippen MR) is 148 cm³/mol. The van der Waals surface area contributed by atoms with Crippen molar-refractivity contribution in [3.63, 3.8) is 0 Å². The minimum Gasteiger partial charge on any atom is -0.344 e. The van der Waals surface area contributed by atoms with Gasteiger partial charge >= 0.3 is 6.18 Å². The number of carbonyl (C=O) groups is 4. The molecule has 0 aliphatic heterocycles. The lowest BCUT2D eigenvalue weighted by atomic mass is 9.97. The molecule has 0 saturated heterocycles. The molecule has 3 N–H and O–H groups in total. The van der Waals surface area contributed by atoms with Gasteiger partial charge in [0.1, 0.15) is 17.8 Å². The lowest BCUT2D eigenvalue weighted by molar-refractivity contribution is -0.175. The van der Waals surface area contributed by atoms with Crippen molar-refractivity contribution >= 4 is 35.1 Å². The molecule has 3 aromatic rings. The van der Waals surface area contributed by atoms with E-state index in [4.69, 9.17) is 11.6 Å². The number of rotatable bonds is 12. The fourth-order valence-corrected chi connectivity index (χ4v) is 4.27. The van der Waals surface area contributed by atoms with Crippen molar-refractivity contribution < 1.29 is 32.3 Å². The van der Waals surface area contributed by atoms with Gasteiger partial charge in [-0.25, -0.2) is 4.98 Å². The first-order chi connectivity index (χ1) is 19.8. The molecule has 0 spiro atoms.